The maximum Gasteiger partial charge on any atom is 0.342 e. The van der Waals surface area contributed by atoms with Crippen LogP contribution in [-0.2, 0) is 9.53 Å². The van der Waals surface area contributed by atoms with Crippen LogP contribution < -0.4 is 9.47 Å². The number of aliphatic hydroxyl groups excluding tert-OH is 2. The molecule has 0 unspecified atom stereocenters. The maximum absolute atomic E-state index is 12.7. The highest BCUT2D eigenvalue weighted by Crippen LogP contribution is 2.40. The van der Waals surface area contributed by atoms with Crippen LogP contribution in [0.1, 0.15) is 48.5 Å². The summed E-state index contributed by atoms with van der Waals surface area (Å²) in [6, 6.07) is 1.26. The van der Waals surface area contributed by atoms with Crippen molar-refractivity contribution in [3.8, 4) is 17.2 Å². The van der Waals surface area contributed by atoms with E-state index in [-0.39, 0.29) is 41.2 Å². The van der Waals surface area contributed by atoms with Crippen LogP contribution in [0.3, 0.4) is 0 Å². The lowest BCUT2D eigenvalue weighted by atomic mass is 9.99. The standard InChI is InChI=1S/C20H26O8/c1-11-6-4-8-13(21)18(24)14(22)9-5-7-12-17(20(25)28-11)15(23)10-16(26-2)19(12)27-3/h5,7,10-11,13-14,21-23H,4,6,8-9H2,1-3H3/b7-5-/t11-,13-,14+/m0/s1. The van der Waals surface area contributed by atoms with Gasteiger partial charge in [-0.1, -0.05) is 12.2 Å². The average Bonchev–Trinajstić information content (AvgIpc) is 2.65. The van der Waals surface area contributed by atoms with Gasteiger partial charge in [0.05, 0.1) is 20.3 Å². The molecule has 0 aromatic heterocycles. The number of cyclic esters (lactones) is 1. The summed E-state index contributed by atoms with van der Waals surface area (Å²) in [5, 5.41) is 30.3. The number of ether oxygens (including phenoxy) is 3. The number of Topliss-reactive ketones (excluding diaryl/α,β-unsaturated/α-hetero) is 1. The van der Waals surface area contributed by atoms with E-state index in [2.05, 4.69) is 0 Å². The Balaban J connectivity index is 2.55. The third-order valence-corrected chi connectivity index (χ3v) is 4.59. The minimum absolute atomic E-state index is 0.0814. The summed E-state index contributed by atoms with van der Waals surface area (Å²) in [4.78, 5) is 24.8. The number of fused-ring (bicyclic) bond motifs is 1. The average molecular weight is 394 g/mol. The number of hydrogen-bond donors (Lipinski definition) is 3. The predicted molar refractivity (Wildman–Crippen MR) is 101 cm³/mol. The number of benzene rings is 1. The van der Waals surface area contributed by atoms with Crippen LogP contribution in [0.5, 0.6) is 17.2 Å². The molecule has 1 aromatic rings. The lowest BCUT2D eigenvalue weighted by Gasteiger charge is -2.19. The second-order valence-corrected chi connectivity index (χ2v) is 6.64. The monoisotopic (exact) mass is 394 g/mol. The highest BCUT2D eigenvalue weighted by atomic mass is 16.5. The first-order valence-corrected chi connectivity index (χ1v) is 9.05. The predicted octanol–water partition coefficient (Wildman–Crippen LogP) is 1.83. The molecule has 0 bridgehead atoms. The second kappa shape index (κ2) is 9.57. The third-order valence-electron chi connectivity index (χ3n) is 4.59. The molecule has 28 heavy (non-hydrogen) atoms. The number of hydrogen-bond acceptors (Lipinski definition) is 8. The molecule has 0 aliphatic carbocycles. The summed E-state index contributed by atoms with van der Waals surface area (Å²) in [6.45, 7) is 1.68. The Labute approximate surface area is 163 Å². The van der Waals surface area contributed by atoms with Gasteiger partial charge in [0, 0.05) is 11.6 Å². The molecule has 0 saturated carbocycles. The number of carbonyl (C=O) groups excluding carboxylic acids is 2. The van der Waals surface area contributed by atoms with Crippen molar-refractivity contribution in [1.29, 1.82) is 0 Å². The zero-order chi connectivity index (χ0) is 20.8. The highest BCUT2D eigenvalue weighted by molar-refractivity contribution is 5.98. The van der Waals surface area contributed by atoms with E-state index < -0.39 is 30.1 Å². The van der Waals surface area contributed by atoms with Crippen molar-refractivity contribution in [2.45, 2.75) is 50.9 Å². The Morgan fingerprint density at radius 1 is 1.11 bits per heavy atom. The Bertz CT molecular complexity index is 755. The lowest BCUT2D eigenvalue weighted by molar-refractivity contribution is -0.135. The van der Waals surface area contributed by atoms with Gasteiger partial charge >= 0.3 is 5.97 Å². The maximum atomic E-state index is 12.7. The normalized spacial score (nSPS) is 25.2. The van der Waals surface area contributed by atoms with Gasteiger partial charge < -0.3 is 29.5 Å². The molecule has 1 aliphatic heterocycles. The van der Waals surface area contributed by atoms with Gasteiger partial charge in [-0.3, -0.25) is 4.79 Å². The number of ketones is 1. The first-order chi connectivity index (χ1) is 13.3. The summed E-state index contributed by atoms with van der Waals surface area (Å²) in [7, 11) is 2.78. The molecular weight excluding hydrogens is 368 g/mol. The SMILES string of the molecule is COc1cc(O)c2c(c1OC)/C=C\C[C@@H](O)C(=O)[C@@H](O)CCC[C@H](C)OC2=O. The zero-order valence-electron chi connectivity index (χ0n) is 16.2. The first-order valence-electron chi connectivity index (χ1n) is 9.05. The van der Waals surface area contributed by atoms with Crippen LogP contribution in [0, 0.1) is 0 Å². The molecule has 2 rings (SSSR count). The van der Waals surface area contributed by atoms with Gasteiger partial charge in [-0.15, -0.1) is 0 Å². The number of phenols is 1. The Morgan fingerprint density at radius 2 is 1.82 bits per heavy atom. The molecular formula is C20H26O8. The van der Waals surface area contributed by atoms with Gasteiger partial charge in [0.15, 0.2) is 17.3 Å². The Hall–Kier alpha value is -2.58. The summed E-state index contributed by atoms with van der Waals surface area (Å²) in [5.41, 5.74) is 0.104. The number of methoxy groups -OCH3 is 2. The fraction of sp³-hybridized carbons (Fsp3) is 0.500. The molecule has 1 aliphatic rings. The van der Waals surface area contributed by atoms with Gasteiger partial charge in [0.1, 0.15) is 23.5 Å². The molecule has 0 spiro atoms. The third kappa shape index (κ3) is 4.82. The van der Waals surface area contributed by atoms with Gasteiger partial charge in [0.2, 0.25) is 0 Å². The number of aliphatic hydroxyl groups is 2. The first kappa shape index (κ1) is 21.7. The molecule has 0 saturated heterocycles. The summed E-state index contributed by atoms with van der Waals surface area (Å²) < 4.78 is 15.9. The van der Waals surface area contributed by atoms with Crippen LogP contribution in [0.15, 0.2) is 12.1 Å². The number of aromatic hydroxyl groups is 1. The van der Waals surface area contributed by atoms with Crippen LogP contribution in [0.2, 0.25) is 0 Å². The van der Waals surface area contributed by atoms with E-state index in [9.17, 15) is 24.9 Å². The van der Waals surface area contributed by atoms with Gasteiger partial charge in [-0.2, -0.15) is 0 Å². The van der Waals surface area contributed by atoms with E-state index >= 15 is 0 Å². The Kier molecular flexibility index (Phi) is 7.42. The minimum Gasteiger partial charge on any atom is -0.507 e. The number of rotatable bonds is 2. The van der Waals surface area contributed by atoms with E-state index in [1.165, 1.54) is 32.4 Å². The summed E-state index contributed by atoms with van der Waals surface area (Å²) in [6.07, 6.45) is 0.644. The number of carbonyl (C=O) groups is 2. The fourth-order valence-corrected chi connectivity index (χ4v) is 3.08. The molecule has 1 aromatic carbocycles. The van der Waals surface area contributed by atoms with E-state index in [4.69, 9.17) is 14.2 Å². The quantitative estimate of drug-likeness (QED) is 0.650. The van der Waals surface area contributed by atoms with Gasteiger partial charge in [0.25, 0.3) is 0 Å². The van der Waals surface area contributed by atoms with Crippen molar-refractivity contribution in [1.82, 2.24) is 0 Å². The van der Waals surface area contributed by atoms with Crippen molar-refractivity contribution >= 4 is 17.8 Å². The van der Waals surface area contributed by atoms with Crippen LogP contribution in [0.4, 0.5) is 0 Å². The number of esters is 1. The van der Waals surface area contributed by atoms with Gasteiger partial charge in [-0.05, 0) is 32.6 Å². The Morgan fingerprint density at radius 3 is 2.46 bits per heavy atom. The number of phenolic OH excluding ortho intramolecular Hbond substituents is 1. The fourth-order valence-electron chi connectivity index (χ4n) is 3.08. The van der Waals surface area contributed by atoms with Crippen molar-refractivity contribution in [2.24, 2.45) is 0 Å². The minimum atomic E-state index is -1.38. The van der Waals surface area contributed by atoms with E-state index in [1.807, 2.05) is 0 Å². The lowest BCUT2D eigenvalue weighted by Crippen LogP contribution is -2.32. The molecule has 154 valence electrons. The molecule has 3 atom stereocenters. The van der Waals surface area contributed by atoms with Gasteiger partial charge in [-0.25, -0.2) is 4.79 Å². The largest absolute Gasteiger partial charge is 0.507 e. The topological polar surface area (TPSA) is 123 Å². The molecule has 8 heteroatoms. The molecule has 3 N–H and O–H groups in total. The second-order valence-electron chi connectivity index (χ2n) is 6.64. The zero-order valence-corrected chi connectivity index (χ0v) is 16.2. The van der Waals surface area contributed by atoms with Crippen molar-refractivity contribution < 1.29 is 39.1 Å². The van der Waals surface area contributed by atoms with E-state index in [0.29, 0.717) is 12.8 Å². The molecule has 0 radical (unpaired) electrons. The van der Waals surface area contributed by atoms with E-state index in [0.717, 1.165) is 0 Å². The van der Waals surface area contributed by atoms with Crippen molar-refractivity contribution in [3.63, 3.8) is 0 Å². The summed E-state index contributed by atoms with van der Waals surface area (Å²) in [5.74, 6) is -1.33. The summed E-state index contributed by atoms with van der Waals surface area (Å²) >= 11 is 0. The highest BCUT2D eigenvalue weighted by Gasteiger charge is 2.27. The molecule has 8 nitrogen and oxygen atoms in total. The smallest absolute Gasteiger partial charge is 0.342 e. The molecule has 0 fully saturated rings. The molecule has 1 heterocycles. The van der Waals surface area contributed by atoms with Crippen molar-refractivity contribution in [3.05, 3.63) is 23.3 Å². The van der Waals surface area contributed by atoms with Crippen LogP contribution in [0.25, 0.3) is 6.08 Å². The molecule has 0 amide bonds. The van der Waals surface area contributed by atoms with Crippen LogP contribution >= 0.6 is 0 Å². The van der Waals surface area contributed by atoms with E-state index in [1.54, 1.807) is 6.92 Å². The van der Waals surface area contributed by atoms with Crippen molar-refractivity contribution in [2.75, 3.05) is 14.2 Å². The van der Waals surface area contributed by atoms with Crippen LogP contribution in [-0.4, -0.2) is 59.6 Å².